The summed E-state index contributed by atoms with van der Waals surface area (Å²) in [5.41, 5.74) is 0.916. The number of imide groups is 1. The van der Waals surface area contributed by atoms with Crippen LogP contribution in [0.3, 0.4) is 0 Å². The molecule has 1 aromatic rings. The highest BCUT2D eigenvalue weighted by Gasteiger charge is 2.58. The molecule has 0 aromatic carbocycles. The van der Waals surface area contributed by atoms with Crippen molar-refractivity contribution in [3.8, 4) is 0 Å². The Morgan fingerprint density at radius 3 is 2.45 bits per heavy atom. The van der Waals surface area contributed by atoms with E-state index in [0.717, 1.165) is 17.9 Å². The standard InChI is InChI=1S/C20H27N5O3.HI/c1-11(2)15-9-14(28-24-15)10-23-20(21-3)22-6-7-25-18(26)16-12-4-5-13(8-12)17(16)19(25)27;/h4-5,9,11-13,16-17H,6-8,10H2,1-3H3,(H2,21,22,23);1H. The molecule has 2 fully saturated rings. The normalized spacial score (nSPS) is 27.6. The van der Waals surface area contributed by atoms with Crippen LogP contribution in [-0.4, -0.2) is 48.0 Å². The van der Waals surface area contributed by atoms with Crippen molar-refractivity contribution in [2.24, 2.45) is 28.7 Å². The molecule has 2 amide bonds. The molecule has 2 N–H and O–H groups in total. The summed E-state index contributed by atoms with van der Waals surface area (Å²) in [7, 11) is 1.68. The van der Waals surface area contributed by atoms with Crippen molar-refractivity contribution < 1.29 is 14.1 Å². The Bertz CT molecular complexity index is 804. The van der Waals surface area contributed by atoms with E-state index < -0.39 is 0 Å². The van der Waals surface area contributed by atoms with E-state index in [2.05, 4.69) is 46.8 Å². The smallest absolute Gasteiger partial charge is 0.233 e. The van der Waals surface area contributed by atoms with Crippen LogP contribution in [0.2, 0.25) is 0 Å². The number of nitrogens with one attached hydrogen (secondary N) is 2. The Morgan fingerprint density at radius 1 is 1.24 bits per heavy atom. The number of amides is 2. The molecule has 1 aromatic heterocycles. The first-order chi connectivity index (χ1) is 13.5. The molecule has 1 aliphatic heterocycles. The number of rotatable bonds is 6. The Balaban J connectivity index is 0.00000240. The molecule has 1 saturated carbocycles. The number of hydrogen-bond acceptors (Lipinski definition) is 5. The van der Waals surface area contributed by atoms with E-state index in [-0.39, 0.29) is 59.5 Å². The number of halogens is 1. The number of hydrogen-bond donors (Lipinski definition) is 2. The van der Waals surface area contributed by atoms with Gasteiger partial charge in [0.05, 0.1) is 24.1 Å². The molecular weight excluding hydrogens is 485 g/mol. The number of nitrogens with zero attached hydrogens (tertiary/aromatic N) is 3. The lowest BCUT2D eigenvalue weighted by molar-refractivity contribution is -0.140. The van der Waals surface area contributed by atoms with Gasteiger partial charge < -0.3 is 15.2 Å². The number of guanidine groups is 1. The number of likely N-dealkylation sites (tertiary alicyclic amines) is 1. The van der Waals surface area contributed by atoms with E-state index in [0.29, 0.717) is 31.5 Å². The maximum atomic E-state index is 12.7. The van der Waals surface area contributed by atoms with Crippen LogP contribution < -0.4 is 10.6 Å². The van der Waals surface area contributed by atoms with Gasteiger partial charge in [-0.15, -0.1) is 24.0 Å². The van der Waals surface area contributed by atoms with Gasteiger partial charge in [-0.05, 0) is 24.2 Å². The van der Waals surface area contributed by atoms with E-state index in [1.165, 1.54) is 4.90 Å². The molecule has 2 aliphatic carbocycles. The first-order valence-corrected chi connectivity index (χ1v) is 9.93. The van der Waals surface area contributed by atoms with E-state index in [9.17, 15) is 9.59 Å². The Morgan fingerprint density at radius 2 is 1.90 bits per heavy atom. The Hall–Kier alpha value is -1.91. The topological polar surface area (TPSA) is 99.8 Å². The highest BCUT2D eigenvalue weighted by Crippen LogP contribution is 2.52. The van der Waals surface area contributed by atoms with Crippen LogP contribution in [0.15, 0.2) is 27.7 Å². The predicted octanol–water partition coefficient (Wildman–Crippen LogP) is 1.89. The zero-order valence-electron chi connectivity index (χ0n) is 16.9. The van der Waals surface area contributed by atoms with E-state index >= 15 is 0 Å². The highest BCUT2D eigenvalue weighted by molar-refractivity contribution is 14.0. The van der Waals surface area contributed by atoms with Crippen molar-refractivity contribution >= 4 is 41.8 Å². The summed E-state index contributed by atoms with van der Waals surface area (Å²) in [4.78, 5) is 31.0. The lowest BCUT2D eigenvalue weighted by Crippen LogP contribution is -2.43. The second-order valence-electron chi connectivity index (χ2n) is 8.05. The molecular formula is C20H28IN5O3. The minimum Gasteiger partial charge on any atom is -0.359 e. The second-order valence-corrected chi connectivity index (χ2v) is 8.05. The molecule has 4 unspecified atom stereocenters. The molecule has 158 valence electrons. The largest absolute Gasteiger partial charge is 0.359 e. The van der Waals surface area contributed by atoms with Gasteiger partial charge >= 0.3 is 0 Å². The van der Waals surface area contributed by atoms with Gasteiger partial charge in [-0.2, -0.15) is 0 Å². The van der Waals surface area contributed by atoms with Crippen molar-refractivity contribution in [2.75, 3.05) is 20.1 Å². The lowest BCUT2D eigenvalue weighted by atomic mass is 9.85. The zero-order valence-corrected chi connectivity index (χ0v) is 19.3. The first kappa shape index (κ1) is 21.8. The number of aliphatic imine (C=N–C) groups is 1. The van der Waals surface area contributed by atoms with Gasteiger partial charge in [0, 0.05) is 26.2 Å². The van der Waals surface area contributed by atoms with Crippen molar-refractivity contribution in [3.63, 3.8) is 0 Å². The first-order valence-electron chi connectivity index (χ1n) is 9.93. The van der Waals surface area contributed by atoms with Gasteiger partial charge in [0.25, 0.3) is 0 Å². The van der Waals surface area contributed by atoms with Crippen LogP contribution in [0, 0.1) is 23.7 Å². The number of aromatic nitrogens is 1. The Labute approximate surface area is 187 Å². The summed E-state index contributed by atoms with van der Waals surface area (Å²) in [5.74, 6) is 1.82. The number of fused-ring (bicyclic) bond motifs is 5. The maximum Gasteiger partial charge on any atom is 0.233 e. The maximum absolute atomic E-state index is 12.7. The summed E-state index contributed by atoms with van der Waals surface area (Å²) >= 11 is 0. The fourth-order valence-electron chi connectivity index (χ4n) is 4.55. The number of carbonyl (C=O) groups excluding carboxylic acids is 2. The van der Waals surface area contributed by atoms with Gasteiger partial charge in [0.2, 0.25) is 11.8 Å². The van der Waals surface area contributed by atoms with Crippen LogP contribution in [0.4, 0.5) is 0 Å². The van der Waals surface area contributed by atoms with Crippen LogP contribution in [0.25, 0.3) is 0 Å². The second kappa shape index (κ2) is 8.85. The Kier molecular flexibility index (Phi) is 6.65. The van der Waals surface area contributed by atoms with Crippen LogP contribution in [0.5, 0.6) is 0 Å². The third-order valence-corrected chi connectivity index (χ3v) is 6.01. The van der Waals surface area contributed by atoms with E-state index in [1.54, 1.807) is 7.05 Å². The van der Waals surface area contributed by atoms with Gasteiger partial charge in [0.15, 0.2) is 11.7 Å². The van der Waals surface area contributed by atoms with Crippen LogP contribution in [0.1, 0.15) is 37.6 Å². The van der Waals surface area contributed by atoms with Gasteiger partial charge in [-0.1, -0.05) is 31.2 Å². The fourth-order valence-corrected chi connectivity index (χ4v) is 4.55. The molecule has 2 heterocycles. The molecule has 3 aliphatic rings. The third kappa shape index (κ3) is 4.06. The summed E-state index contributed by atoms with van der Waals surface area (Å²) in [5, 5.41) is 10.3. The summed E-state index contributed by atoms with van der Waals surface area (Å²) in [6.45, 7) is 5.38. The van der Waals surface area contributed by atoms with E-state index in [4.69, 9.17) is 4.52 Å². The SMILES string of the molecule is CN=C(NCCN1C(=O)C2C3C=CC(C3)C2C1=O)NCc1cc(C(C)C)no1.I. The third-order valence-electron chi connectivity index (χ3n) is 6.01. The van der Waals surface area contributed by atoms with Gasteiger partial charge in [0.1, 0.15) is 0 Å². The monoisotopic (exact) mass is 513 g/mol. The minimum absolute atomic E-state index is 0. The summed E-state index contributed by atoms with van der Waals surface area (Å²) < 4.78 is 5.30. The van der Waals surface area contributed by atoms with Crippen molar-refractivity contribution in [1.82, 2.24) is 20.7 Å². The fraction of sp³-hybridized carbons (Fsp3) is 0.600. The molecule has 4 rings (SSSR count). The zero-order chi connectivity index (χ0) is 19.8. The minimum atomic E-state index is -0.137. The van der Waals surface area contributed by atoms with E-state index in [1.807, 2.05) is 6.07 Å². The molecule has 1 saturated heterocycles. The summed E-state index contributed by atoms with van der Waals surface area (Å²) in [6.07, 6.45) is 5.17. The van der Waals surface area contributed by atoms with Crippen LogP contribution >= 0.6 is 24.0 Å². The average Bonchev–Trinajstić information content (AvgIpc) is 3.44. The van der Waals surface area contributed by atoms with Gasteiger partial charge in [-0.25, -0.2) is 0 Å². The van der Waals surface area contributed by atoms with Crippen molar-refractivity contribution in [2.45, 2.75) is 32.7 Å². The molecule has 4 atom stereocenters. The molecule has 8 nitrogen and oxygen atoms in total. The lowest BCUT2D eigenvalue weighted by Gasteiger charge is -2.18. The van der Waals surface area contributed by atoms with Gasteiger partial charge in [-0.3, -0.25) is 19.5 Å². The molecule has 29 heavy (non-hydrogen) atoms. The quantitative estimate of drug-likeness (QED) is 0.198. The van der Waals surface area contributed by atoms with Crippen molar-refractivity contribution in [3.05, 3.63) is 29.7 Å². The number of allylic oxidation sites excluding steroid dienone is 2. The molecule has 9 heteroatoms. The molecule has 0 radical (unpaired) electrons. The van der Waals surface area contributed by atoms with Crippen LogP contribution in [-0.2, 0) is 16.1 Å². The average molecular weight is 513 g/mol. The molecule has 2 bridgehead atoms. The highest BCUT2D eigenvalue weighted by atomic mass is 127. The number of carbonyl (C=O) groups is 2. The van der Waals surface area contributed by atoms with Crippen molar-refractivity contribution in [1.29, 1.82) is 0 Å². The summed E-state index contributed by atoms with van der Waals surface area (Å²) in [6, 6.07) is 1.92. The molecule has 0 spiro atoms. The predicted molar refractivity (Wildman–Crippen MR) is 119 cm³/mol.